The largest absolute Gasteiger partial charge is 0.327 e. The van der Waals surface area contributed by atoms with Crippen molar-refractivity contribution in [2.45, 2.75) is 18.4 Å². The molecule has 1 aliphatic carbocycles. The zero-order valence-electron chi connectivity index (χ0n) is 7.03. The first-order valence-electron chi connectivity index (χ1n) is 4.11. The van der Waals surface area contributed by atoms with Crippen LogP contribution in [0.4, 0.5) is 17.6 Å². The molecule has 1 fully saturated rings. The zero-order chi connectivity index (χ0) is 10.5. The van der Waals surface area contributed by atoms with Gasteiger partial charge in [-0.15, -0.1) is 0 Å². The van der Waals surface area contributed by atoms with E-state index >= 15 is 0 Å². The summed E-state index contributed by atoms with van der Waals surface area (Å²) in [5.41, 5.74) is 4.80. The number of hydrogen-bond donors (Lipinski definition) is 1. The summed E-state index contributed by atoms with van der Waals surface area (Å²) in [6.45, 7) is 0. The Kier molecular flexibility index (Phi) is 1.99. The van der Waals surface area contributed by atoms with Crippen molar-refractivity contribution in [2.24, 2.45) is 5.73 Å². The van der Waals surface area contributed by atoms with Crippen LogP contribution in [0.5, 0.6) is 0 Å². The summed E-state index contributed by atoms with van der Waals surface area (Å²) in [6, 6.07) is -0.206. The molecule has 0 bridgehead atoms. The second-order valence-corrected chi connectivity index (χ2v) is 3.39. The molecule has 0 spiro atoms. The minimum absolute atomic E-state index is 0.196. The van der Waals surface area contributed by atoms with E-state index in [1.54, 1.807) is 0 Å². The lowest BCUT2D eigenvalue weighted by Crippen LogP contribution is -2.07. The molecule has 5 heteroatoms. The van der Waals surface area contributed by atoms with Crippen molar-refractivity contribution in [3.05, 3.63) is 34.9 Å². The van der Waals surface area contributed by atoms with Gasteiger partial charge < -0.3 is 5.73 Å². The fraction of sp³-hybridized carbons (Fsp3) is 0.333. The Morgan fingerprint density at radius 2 is 1.50 bits per heavy atom. The van der Waals surface area contributed by atoms with Gasteiger partial charge in [0.05, 0.1) is 0 Å². The highest BCUT2D eigenvalue weighted by Gasteiger charge is 2.40. The molecule has 0 amide bonds. The van der Waals surface area contributed by atoms with Gasteiger partial charge in [0.1, 0.15) is 0 Å². The summed E-state index contributed by atoms with van der Waals surface area (Å²) in [6.07, 6.45) is 0.358. The normalized spacial score (nSPS) is 25.2. The van der Waals surface area contributed by atoms with Crippen molar-refractivity contribution >= 4 is 0 Å². The molecule has 0 aliphatic heterocycles. The Morgan fingerprint density at radius 1 is 1.07 bits per heavy atom. The van der Waals surface area contributed by atoms with Crippen LogP contribution in [0, 0.1) is 23.3 Å². The van der Waals surface area contributed by atoms with Crippen molar-refractivity contribution in [3.63, 3.8) is 0 Å². The Hall–Kier alpha value is -1.10. The van der Waals surface area contributed by atoms with Crippen LogP contribution in [0.1, 0.15) is 17.9 Å². The lowest BCUT2D eigenvalue weighted by atomic mass is 10.1. The third kappa shape index (κ3) is 1.28. The molecule has 0 unspecified atom stereocenters. The minimum atomic E-state index is -1.38. The van der Waals surface area contributed by atoms with Crippen LogP contribution in [-0.2, 0) is 0 Å². The van der Waals surface area contributed by atoms with Gasteiger partial charge in [-0.05, 0) is 6.42 Å². The molecule has 2 rings (SSSR count). The van der Waals surface area contributed by atoms with E-state index in [0.717, 1.165) is 0 Å². The third-order valence-electron chi connectivity index (χ3n) is 2.36. The van der Waals surface area contributed by atoms with Crippen LogP contribution >= 0.6 is 0 Å². The second kappa shape index (κ2) is 2.95. The maximum Gasteiger partial charge on any atom is 0.165 e. The molecule has 76 valence electrons. The monoisotopic (exact) mass is 205 g/mol. The van der Waals surface area contributed by atoms with E-state index in [1.165, 1.54) is 0 Å². The molecule has 14 heavy (non-hydrogen) atoms. The second-order valence-electron chi connectivity index (χ2n) is 3.39. The number of benzene rings is 1. The van der Waals surface area contributed by atoms with Gasteiger partial charge in [-0.3, -0.25) is 0 Å². The van der Waals surface area contributed by atoms with Gasteiger partial charge in [0.25, 0.3) is 0 Å². The van der Waals surface area contributed by atoms with Crippen LogP contribution in [0.3, 0.4) is 0 Å². The highest BCUT2D eigenvalue weighted by molar-refractivity contribution is 5.32. The van der Waals surface area contributed by atoms with E-state index in [0.29, 0.717) is 6.42 Å². The van der Waals surface area contributed by atoms with Crippen molar-refractivity contribution in [1.82, 2.24) is 0 Å². The predicted octanol–water partition coefficient (Wildman–Crippen LogP) is 2.06. The quantitative estimate of drug-likeness (QED) is 0.551. The number of nitrogens with two attached hydrogens (primary N) is 1. The topological polar surface area (TPSA) is 26.0 Å². The molecule has 0 heterocycles. The van der Waals surface area contributed by atoms with Crippen LogP contribution in [-0.4, -0.2) is 6.04 Å². The summed E-state index contributed by atoms with van der Waals surface area (Å²) >= 11 is 0. The van der Waals surface area contributed by atoms with Gasteiger partial charge in [-0.2, -0.15) is 0 Å². The highest BCUT2D eigenvalue weighted by atomic mass is 19.2. The Balaban J connectivity index is 2.56. The minimum Gasteiger partial charge on any atom is -0.327 e. The molecular weight excluding hydrogens is 198 g/mol. The van der Waals surface area contributed by atoms with E-state index in [2.05, 4.69) is 0 Å². The lowest BCUT2D eigenvalue weighted by molar-refractivity contribution is 0.438. The average molecular weight is 205 g/mol. The van der Waals surface area contributed by atoms with Crippen molar-refractivity contribution < 1.29 is 17.6 Å². The van der Waals surface area contributed by atoms with Gasteiger partial charge in [0.2, 0.25) is 0 Å². The molecule has 0 aromatic heterocycles. The molecule has 1 aliphatic rings. The van der Waals surface area contributed by atoms with Gasteiger partial charge in [-0.1, -0.05) is 0 Å². The summed E-state index contributed by atoms with van der Waals surface area (Å²) in [5.74, 6) is -6.01. The fourth-order valence-electron chi connectivity index (χ4n) is 1.46. The molecule has 1 aromatic carbocycles. The molecule has 1 saturated carbocycles. The number of rotatable bonds is 1. The summed E-state index contributed by atoms with van der Waals surface area (Å²) in [5, 5.41) is 0. The Morgan fingerprint density at radius 3 is 1.86 bits per heavy atom. The molecule has 0 radical (unpaired) electrons. The number of halogens is 4. The average Bonchev–Trinajstić information content (AvgIpc) is 2.80. The fourth-order valence-corrected chi connectivity index (χ4v) is 1.46. The van der Waals surface area contributed by atoms with Crippen LogP contribution in [0.2, 0.25) is 0 Å². The van der Waals surface area contributed by atoms with E-state index in [9.17, 15) is 17.6 Å². The molecule has 1 aromatic rings. The predicted molar refractivity (Wildman–Crippen MR) is 41.6 cm³/mol. The van der Waals surface area contributed by atoms with Crippen molar-refractivity contribution in [3.8, 4) is 0 Å². The standard InChI is InChI=1S/C9H7F4N/c10-4-2-5(11)9(13)7(8(4)12)3-1-6(3)14/h2-3,6H,1,14H2/t3-,6-/m1/s1. The van der Waals surface area contributed by atoms with Crippen LogP contribution in [0.15, 0.2) is 6.07 Å². The van der Waals surface area contributed by atoms with Crippen LogP contribution in [0.25, 0.3) is 0 Å². The summed E-state index contributed by atoms with van der Waals surface area (Å²) in [4.78, 5) is 0. The SMILES string of the molecule is N[C@@H]1C[C@H]1c1c(F)c(F)cc(F)c1F. The van der Waals surface area contributed by atoms with Crippen molar-refractivity contribution in [1.29, 1.82) is 0 Å². The molecule has 1 nitrogen and oxygen atoms in total. The van der Waals surface area contributed by atoms with Gasteiger partial charge in [0.15, 0.2) is 23.3 Å². The van der Waals surface area contributed by atoms with Gasteiger partial charge >= 0.3 is 0 Å². The highest BCUT2D eigenvalue weighted by Crippen LogP contribution is 2.42. The summed E-state index contributed by atoms with van der Waals surface area (Å²) < 4.78 is 51.6. The Labute approximate surface area is 77.5 Å². The Bertz CT molecular complexity index is 365. The first-order valence-corrected chi connectivity index (χ1v) is 4.11. The van der Waals surface area contributed by atoms with Gasteiger partial charge in [-0.25, -0.2) is 17.6 Å². The summed E-state index contributed by atoms with van der Waals surface area (Å²) in [7, 11) is 0. The molecule has 2 N–H and O–H groups in total. The number of hydrogen-bond acceptors (Lipinski definition) is 1. The van der Waals surface area contributed by atoms with E-state index in [4.69, 9.17) is 5.73 Å². The lowest BCUT2D eigenvalue weighted by Gasteiger charge is -2.05. The molecule has 2 atom stereocenters. The van der Waals surface area contributed by atoms with Crippen molar-refractivity contribution in [2.75, 3.05) is 0 Å². The zero-order valence-corrected chi connectivity index (χ0v) is 7.03. The van der Waals surface area contributed by atoms with Gasteiger partial charge in [0, 0.05) is 23.6 Å². The first kappa shape index (κ1) is 9.45. The third-order valence-corrected chi connectivity index (χ3v) is 2.36. The smallest absolute Gasteiger partial charge is 0.165 e. The van der Waals surface area contributed by atoms with E-state index < -0.39 is 40.8 Å². The molecule has 0 saturated heterocycles. The maximum absolute atomic E-state index is 13.1. The first-order chi connectivity index (χ1) is 6.52. The maximum atomic E-state index is 13.1. The molecular formula is C9H7F4N. The van der Waals surface area contributed by atoms with E-state index in [1.807, 2.05) is 0 Å². The van der Waals surface area contributed by atoms with E-state index in [-0.39, 0.29) is 6.07 Å². The van der Waals surface area contributed by atoms with Crippen LogP contribution < -0.4 is 5.73 Å².